The highest BCUT2D eigenvalue weighted by molar-refractivity contribution is 5.57. The van der Waals surface area contributed by atoms with E-state index >= 15 is 0 Å². The molecule has 3 heteroatoms. The molecule has 3 nitrogen and oxygen atoms in total. The van der Waals surface area contributed by atoms with Crippen LogP contribution in [0.1, 0.15) is 6.92 Å². The van der Waals surface area contributed by atoms with E-state index in [1.807, 2.05) is 11.0 Å². The molecule has 0 N–H and O–H groups in total. The van der Waals surface area contributed by atoms with Gasteiger partial charge in [0, 0.05) is 19.9 Å². The van der Waals surface area contributed by atoms with Crippen LogP contribution in [-0.2, 0) is 4.74 Å². The van der Waals surface area contributed by atoms with Crippen molar-refractivity contribution >= 4 is 6.34 Å². The second-order valence-electron chi connectivity index (χ2n) is 2.06. The average Bonchev–Trinajstić information content (AvgIpc) is 2.04. The standard InChI is InChI=1S/C7H12N2O/c1-3-9-6-8-5-4-7(9)10-2/h4-7H,3H2,1-2H3. The topological polar surface area (TPSA) is 24.8 Å². The Labute approximate surface area is 61.0 Å². The predicted molar refractivity (Wildman–Crippen MR) is 40.8 cm³/mol. The second kappa shape index (κ2) is 3.37. The zero-order valence-corrected chi connectivity index (χ0v) is 6.32. The van der Waals surface area contributed by atoms with E-state index < -0.39 is 0 Å². The van der Waals surface area contributed by atoms with Gasteiger partial charge in [0.2, 0.25) is 0 Å². The molecule has 1 unspecified atom stereocenters. The Kier molecular flexibility index (Phi) is 2.45. The van der Waals surface area contributed by atoms with Gasteiger partial charge in [0.25, 0.3) is 0 Å². The van der Waals surface area contributed by atoms with E-state index in [9.17, 15) is 0 Å². The minimum atomic E-state index is 0.0718. The maximum atomic E-state index is 5.14. The summed E-state index contributed by atoms with van der Waals surface area (Å²) in [6, 6.07) is 0. The molecule has 0 spiro atoms. The van der Waals surface area contributed by atoms with Gasteiger partial charge in [-0.2, -0.15) is 0 Å². The van der Waals surface area contributed by atoms with Gasteiger partial charge in [0.05, 0.1) is 6.34 Å². The number of nitrogens with zero attached hydrogens (tertiary/aromatic N) is 2. The van der Waals surface area contributed by atoms with Crippen LogP contribution in [0.25, 0.3) is 0 Å². The lowest BCUT2D eigenvalue weighted by atomic mass is 10.4. The summed E-state index contributed by atoms with van der Waals surface area (Å²) in [5, 5.41) is 0. The first-order valence-corrected chi connectivity index (χ1v) is 3.37. The summed E-state index contributed by atoms with van der Waals surface area (Å²) in [6.07, 6.45) is 5.53. The molecule has 0 amide bonds. The highest BCUT2D eigenvalue weighted by Crippen LogP contribution is 2.03. The van der Waals surface area contributed by atoms with Crippen LogP contribution in [0.5, 0.6) is 0 Å². The summed E-state index contributed by atoms with van der Waals surface area (Å²) in [4.78, 5) is 5.98. The highest BCUT2D eigenvalue weighted by Gasteiger charge is 2.10. The summed E-state index contributed by atoms with van der Waals surface area (Å²) in [6.45, 7) is 2.99. The molecule has 0 aromatic heterocycles. The van der Waals surface area contributed by atoms with Crippen LogP contribution in [-0.4, -0.2) is 31.1 Å². The summed E-state index contributed by atoms with van der Waals surface area (Å²) in [5.74, 6) is 0. The smallest absolute Gasteiger partial charge is 0.151 e. The minimum absolute atomic E-state index is 0.0718. The molecule has 56 valence electrons. The van der Waals surface area contributed by atoms with Crippen LogP contribution < -0.4 is 0 Å². The summed E-state index contributed by atoms with van der Waals surface area (Å²) >= 11 is 0. The van der Waals surface area contributed by atoms with Crippen molar-refractivity contribution in [2.75, 3.05) is 13.7 Å². The number of likely N-dealkylation sites (N-methyl/N-ethyl adjacent to an activating group) is 1. The monoisotopic (exact) mass is 140 g/mol. The largest absolute Gasteiger partial charge is 0.358 e. The summed E-state index contributed by atoms with van der Waals surface area (Å²) in [5.41, 5.74) is 0. The fraction of sp³-hybridized carbons (Fsp3) is 0.571. The maximum Gasteiger partial charge on any atom is 0.151 e. The van der Waals surface area contributed by atoms with Gasteiger partial charge in [-0.25, -0.2) is 4.99 Å². The fourth-order valence-corrected chi connectivity index (χ4v) is 0.899. The molecule has 1 aliphatic rings. The Morgan fingerprint density at radius 2 is 2.50 bits per heavy atom. The highest BCUT2D eigenvalue weighted by atomic mass is 16.5. The van der Waals surface area contributed by atoms with E-state index in [0.717, 1.165) is 6.54 Å². The van der Waals surface area contributed by atoms with Crippen LogP contribution >= 0.6 is 0 Å². The van der Waals surface area contributed by atoms with Crippen LogP contribution in [0.4, 0.5) is 0 Å². The van der Waals surface area contributed by atoms with Crippen LogP contribution in [0.15, 0.2) is 17.3 Å². The molecule has 0 saturated carbocycles. The lowest BCUT2D eigenvalue weighted by molar-refractivity contribution is 0.0488. The molecule has 0 fully saturated rings. The zero-order valence-electron chi connectivity index (χ0n) is 6.32. The van der Waals surface area contributed by atoms with Gasteiger partial charge < -0.3 is 9.64 Å². The quantitative estimate of drug-likeness (QED) is 0.567. The lowest BCUT2D eigenvalue weighted by Crippen LogP contribution is -2.35. The van der Waals surface area contributed by atoms with E-state index in [2.05, 4.69) is 11.9 Å². The van der Waals surface area contributed by atoms with Gasteiger partial charge in [0.15, 0.2) is 6.23 Å². The number of rotatable bonds is 2. The van der Waals surface area contributed by atoms with Gasteiger partial charge in [0.1, 0.15) is 0 Å². The first-order chi connectivity index (χ1) is 4.88. The molecule has 0 aromatic rings. The normalized spacial score (nSPS) is 23.8. The van der Waals surface area contributed by atoms with E-state index in [4.69, 9.17) is 4.74 Å². The zero-order chi connectivity index (χ0) is 7.40. The first kappa shape index (κ1) is 7.28. The van der Waals surface area contributed by atoms with E-state index in [-0.39, 0.29) is 6.23 Å². The third-order valence-electron chi connectivity index (χ3n) is 1.49. The fourth-order valence-electron chi connectivity index (χ4n) is 0.899. The molecule has 0 aliphatic carbocycles. The van der Waals surface area contributed by atoms with Crippen LogP contribution in [0.3, 0.4) is 0 Å². The van der Waals surface area contributed by atoms with Crippen molar-refractivity contribution in [2.24, 2.45) is 4.99 Å². The molecule has 0 bridgehead atoms. The van der Waals surface area contributed by atoms with Gasteiger partial charge >= 0.3 is 0 Å². The van der Waals surface area contributed by atoms with Gasteiger partial charge in [-0.3, -0.25) is 0 Å². The van der Waals surface area contributed by atoms with E-state index in [1.165, 1.54) is 0 Å². The van der Waals surface area contributed by atoms with Crippen molar-refractivity contribution in [3.05, 3.63) is 12.3 Å². The molecule has 1 atom stereocenters. The molecule has 1 aliphatic heterocycles. The average molecular weight is 140 g/mol. The Morgan fingerprint density at radius 1 is 1.70 bits per heavy atom. The maximum absolute atomic E-state index is 5.14. The first-order valence-electron chi connectivity index (χ1n) is 3.37. The summed E-state index contributed by atoms with van der Waals surface area (Å²) < 4.78 is 5.14. The number of hydrogen-bond acceptors (Lipinski definition) is 3. The molecule has 10 heavy (non-hydrogen) atoms. The number of aliphatic imine (C=N–C) groups is 1. The molecule has 1 heterocycles. The Hall–Kier alpha value is -0.830. The van der Waals surface area contributed by atoms with Gasteiger partial charge in [-0.15, -0.1) is 0 Å². The Bertz CT molecular complexity index is 136. The van der Waals surface area contributed by atoms with E-state index in [0.29, 0.717) is 0 Å². The SMILES string of the molecule is CCN1C=NC=CC1OC. The van der Waals surface area contributed by atoms with Crippen molar-refractivity contribution in [1.82, 2.24) is 4.90 Å². The van der Waals surface area contributed by atoms with Gasteiger partial charge in [-0.05, 0) is 13.0 Å². The second-order valence-corrected chi connectivity index (χ2v) is 2.06. The minimum Gasteiger partial charge on any atom is -0.358 e. The van der Waals surface area contributed by atoms with Crippen LogP contribution in [0, 0.1) is 0 Å². The van der Waals surface area contributed by atoms with Crippen molar-refractivity contribution in [3.8, 4) is 0 Å². The molecule has 1 rings (SSSR count). The third-order valence-corrected chi connectivity index (χ3v) is 1.49. The van der Waals surface area contributed by atoms with Crippen molar-refractivity contribution in [1.29, 1.82) is 0 Å². The van der Waals surface area contributed by atoms with E-state index in [1.54, 1.807) is 19.6 Å². The van der Waals surface area contributed by atoms with Crippen molar-refractivity contribution < 1.29 is 4.74 Å². The van der Waals surface area contributed by atoms with Crippen molar-refractivity contribution in [3.63, 3.8) is 0 Å². The Balaban J connectivity index is 2.55. The Morgan fingerprint density at radius 3 is 3.00 bits per heavy atom. The molecular weight excluding hydrogens is 128 g/mol. The third kappa shape index (κ3) is 1.36. The van der Waals surface area contributed by atoms with Crippen molar-refractivity contribution in [2.45, 2.75) is 13.2 Å². The molecular formula is C7H12N2O. The van der Waals surface area contributed by atoms with Gasteiger partial charge in [-0.1, -0.05) is 0 Å². The lowest BCUT2D eigenvalue weighted by Gasteiger charge is -2.26. The summed E-state index contributed by atoms with van der Waals surface area (Å²) in [7, 11) is 1.69. The predicted octanol–water partition coefficient (Wildman–Crippen LogP) is 0.836. The number of hydrogen-bond donors (Lipinski definition) is 0. The number of methoxy groups -OCH3 is 1. The molecule has 0 saturated heterocycles. The van der Waals surface area contributed by atoms with Crippen LogP contribution in [0.2, 0.25) is 0 Å². The number of ether oxygens (including phenoxy) is 1. The molecule has 0 radical (unpaired) electrons. The molecule has 0 aromatic carbocycles.